The highest BCUT2D eigenvalue weighted by Gasteiger charge is 2.33. The Bertz CT molecular complexity index is 1630. The summed E-state index contributed by atoms with van der Waals surface area (Å²) in [5.74, 6) is -0.791. The molecule has 0 unspecified atom stereocenters. The zero-order valence-electron chi connectivity index (χ0n) is 14.9. The van der Waals surface area contributed by atoms with Gasteiger partial charge in [0.15, 0.2) is 5.75 Å². The van der Waals surface area contributed by atoms with Crippen LogP contribution >= 0.6 is 0 Å². The SMILES string of the molecule is COc1c(S(=O)(=O)O)c2ccc3ccc(S(=O)(=O)O)c4ccc(c1S(=O)(=O)O)c2c34. The summed E-state index contributed by atoms with van der Waals surface area (Å²) in [4.78, 5) is -2.30. The monoisotopic (exact) mass is 472 g/mol. The maximum Gasteiger partial charge on any atom is 0.298 e. The Kier molecular flexibility index (Phi) is 4.30. The molecule has 0 saturated heterocycles. The minimum atomic E-state index is -5.06. The highest BCUT2D eigenvalue weighted by Crippen LogP contribution is 2.47. The maximum atomic E-state index is 12.1. The van der Waals surface area contributed by atoms with Crippen LogP contribution in [0.2, 0.25) is 0 Å². The van der Waals surface area contributed by atoms with Crippen LogP contribution in [-0.2, 0) is 30.4 Å². The lowest BCUT2D eigenvalue weighted by molar-refractivity contribution is 0.385. The molecule has 158 valence electrons. The molecule has 0 heterocycles. The van der Waals surface area contributed by atoms with E-state index in [0.717, 1.165) is 19.2 Å². The molecule has 0 amide bonds. The molecular weight excluding hydrogens is 460 g/mol. The average molecular weight is 472 g/mol. The van der Waals surface area contributed by atoms with Gasteiger partial charge in [-0.2, -0.15) is 25.3 Å². The van der Waals surface area contributed by atoms with Crippen molar-refractivity contribution in [3.05, 3.63) is 36.4 Å². The Balaban J connectivity index is 2.48. The van der Waals surface area contributed by atoms with Gasteiger partial charge in [0.05, 0.1) is 7.11 Å². The van der Waals surface area contributed by atoms with Crippen LogP contribution in [0.1, 0.15) is 0 Å². The summed E-state index contributed by atoms with van der Waals surface area (Å²) in [6.45, 7) is 0. The molecule has 10 nitrogen and oxygen atoms in total. The molecular formula is C17H12O10S3. The number of hydrogen-bond donors (Lipinski definition) is 3. The predicted molar refractivity (Wildman–Crippen MR) is 106 cm³/mol. The first-order chi connectivity index (χ1) is 13.8. The van der Waals surface area contributed by atoms with Crippen LogP contribution in [0.25, 0.3) is 32.3 Å². The third kappa shape index (κ3) is 2.90. The van der Waals surface area contributed by atoms with Gasteiger partial charge in [-0.05, 0) is 16.8 Å². The van der Waals surface area contributed by atoms with Crippen molar-refractivity contribution in [3.63, 3.8) is 0 Å². The zero-order valence-corrected chi connectivity index (χ0v) is 17.3. The summed E-state index contributed by atoms with van der Waals surface area (Å²) in [5, 5.41) is 0.0999. The van der Waals surface area contributed by atoms with Crippen molar-refractivity contribution >= 4 is 62.7 Å². The minimum absolute atomic E-state index is 0.0131. The van der Waals surface area contributed by atoms with E-state index in [1.165, 1.54) is 24.3 Å². The van der Waals surface area contributed by atoms with Gasteiger partial charge >= 0.3 is 0 Å². The summed E-state index contributed by atoms with van der Waals surface area (Å²) in [6, 6.07) is 7.57. The molecule has 0 radical (unpaired) electrons. The fourth-order valence-corrected chi connectivity index (χ4v) is 6.26. The Morgan fingerprint density at radius 2 is 1.10 bits per heavy atom. The Morgan fingerprint density at radius 3 is 1.57 bits per heavy atom. The van der Waals surface area contributed by atoms with E-state index in [1.807, 2.05) is 0 Å². The van der Waals surface area contributed by atoms with Crippen LogP contribution in [0.5, 0.6) is 5.75 Å². The summed E-state index contributed by atoms with van der Waals surface area (Å²) < 4.78 is 106. The Hall–Kier alpha value is -2.55. The second-order valence-corrected chi connectivity index (χ2v) is 10.5. The fourth-order valence-electron chi connectivity index (χ4n) is 3.77. The lowest BCUT2D eigenvalue weighted by Crippen LogP contribution is -2.10. The standard InChI is InChI=1S/C17H12O10S3/c1-27-15-16(29(21,22)23)10-4-2-8-3-7-12(28(18,19)20)9-5-6-11(14(10)13(8)9)17(15)30(24,25)26/h2-7H,1H3,(H,18,19,20)(H,21,22,23)(H,24,25,26). The Labute approximate surface area is 170 Å². The molecule has 0 fully saturated rings. The molecule has 3 N–H and O–H groups in total. The summed E-state index contributed by atoms with van der Waals surface area (Å²) >= 11 is 0. The molecule has 0 aliphatic rings. The molecule has 0 saturated carbocycles. The van der Waals surface area contributed by atoms with E-state index in [-0.39, 0.29) is 26.9 Å². The van der Waals surface area contributed by atoms with Gasteiger partial charge in [0.2, 0.25) is 0 Å². The largest absolute Gasteiger partial charge is 0.494 e. The van der Waals surface area contributed by atoms with Crippen molar-refractivity contribution in [1.82, 2.24) is 0 Å². The van der Waals surface area contributed by atoms with Crippen LogP contribution in [0.15, 0.2) is 51.1 Å². The van der Waals surface area contributed by atoms with Gasteiger partial charge in [-0.15, -0.1) is 0 Å². The maximum absolute atomic E-state index is 12.1. The van der Waals surface area contributed by atoms with Gasteiger partial charge in [0.1, 0.15) is 14.7 Å². The van der Waals surface area contributed by atoms with Crippen molar-refractivity contribution in [2.75, 3.05) is 7.11 Å². The van der Waals surface area contributed by atoms with Gasteiger partial charge in [-0.3, -0.25) is 13.7 Å². The smallest absolute Gasteiger partial charge is 0.298 e. The first kappa shape index (κ1) is 20.7. The van der Waals surface area contributed by atoms with E-state index in [1.54, 1.807) is 0 Å². The van der Waals surface area contributed by atoms with Crippen molar-refractivity contribution in [2.24, 2.45) is 0 Å². The van der Waals surface area contributed by atoms with E-state index in [9.17, 15) is 38.9 Å². The molecule has 4 rings (SSSR count). The molecule has 0 aliphatic carbocycles. The lowest BCUT2D eigenvalue weighted by Gasteiger charge is -2.19. The molecule has 0 spiro atoms. The van der Waals surface area contributed by atoms with E-state index >= 15 is 0 Å². The molecule has 4 aromatic rings. The van der Waals surface area contributed by atoms with Crippen LogP contribution < -0.4 is 4.74 Å². The molecule has 0 bridgehead atoms. The molecule has 0 aliphatic heterocycles. The lowest BCUT2D eigenvalue weighted by atomic mass is 9.94. The van der Waals surface area contributed by atoms with Crippen LogP contribution in [0.4, 0.5) is 0 Å². The number of methoxy groups -OCH3 is 1. The first-order valence-electron chi connectivity index (χ1n) is 8.00. The van der Waals surface area contributed by atoms with Gasteiger partial charge < -0.3 is 4.74 Å². The number of benzene rings is 4. The van der Waals surface area contributed by atoms with Gasteiger partial charge in [0.25, 0.3) is 30.4 Å². The summed E-state index contributed by atoms with van der Waals surface area (Å²) in [5.41, 5.74) is 0. The van der Waals surface area contributed by atoms with E-state index in [2.05, 4.69) is 0 Å². The quantitative estimate of drug-likeness (QED) is 0.295. The summed E-state index contributed by atoms with van der Waals surface area (Å²) in [7, 11) is -13.8. The molecule has 13 heteroatoms. The van der Waals surface area contributed by atoms with Crippen molar-refractivity contribution in [2.45, 2.75) is 14.7 Å². The van der Waals surface area contributed by atoms with Gasteiger partial charge in [-0.1, -0.05) is 30.3 Å². The van der Waals surface area contributed by atoms with Gasteiger partial charge in [-0.25, -0.2) is 0 Å². The summed E-state index contributed by atoms with van der Waals surface area (Å²) in [6.07, 6.45) is 0. The highest BCUT2D eigenvalue weighted by atomic mass is 32.2. The van der Waals surface area contributed by atoms with Crippen LogP contribution in [0.3, 0.4) is 0 Å². The zero-order chi connectivity index (χ0) is 22.2. The number of hydrogen-bond acceptors (Lipinski definition) is 7. The van der Waals surface area contributed by atoms with E-state index < -0.39 is 50.8 Å². The van der Waals surface area contributed by atoms with Crippen molar-refractivity contribution < 1.29 is 43.6 Å². The van der Waals surface area contributed by atoms with Crippen LogP contribution in [0, 0.1) is 0 Å². The molecule has 30 heavy (non-hydrogen) atoms. The van der Waals surface area contributed by atoms with Crippen molar-refractivity contribution in [1.29, 1.82) is 0 Å². The average Bonchev–Trinajstić information content (AvgIpc) is 2.61. The minimum Gasteiger partial charge on any atom is -0.494 e. The molecule has 0 aromatic heterocycles. The van der Waals surface area contributed by atoms with Crippen molar-refractivity contribution in [3.8, 4) is 5.75 Å². The number of ether oxygens (including phenoxy) is 1. The van der Waals surface area contributed by atoms with Gasteiger partial charge in [0, 0.05) is 21.5 Å². The second kappa shape index (κ2) is 6.23. The second-order valence-electron chi connectivity index (χ2n) is 6.43. The highest BCUT2D eigenvalue weighted by molar-refractivity contribution is 7.87. The normalized spacial score (nSPS) is 13.5. The first-order valence-corrected chi connectivity index (χ1v) is 12.3. The predicted octanol–water partition coefficient (Wildman–Crippen LogP) is 2.33. The topological polar surface area (TPSA) is 172 Å². The third-order valence-corrected chi connectivity index (χ3v) is 7.53. The Morgan fingerprint density at radius 1 is 0.633 bits per heavy atom. The number of rotatable bonds is 4. The van der Waals surface area contributed by atoms with E-state index in [4.69, 9.17) is 4.74 Å². The molecule has 4 aromatic carbocycles. The third-order valence-electron chi connectivity index (χ3n) is 4.77. The van der Waals surface area contributed by atoms with Crippen LogP contribution in [-0.4, -0.2) is 46.0 Å². The van der Waals surface area contributed by atoms with E-state index in [0.29, 0.717) is 5.39 Å². The molecule has 0 atom stereocenters. The fraction of sp³-hybridized carbons (Fsp3) is 0.0588.